The van der Waals surface area contributed by atoms with E-state index < -0.39 is 23.4 Å². The standard InChI is InChI=1S/C27H28ClF3N8/c1-4-14(11-20(32-2)35-26-19(30)12-18(29)24(31)37-26)25-36-22-21(17(15-5-6-15)13-34-23(22)28)27(38-25)39(3)16-7-9-33-10-8-16/h4,11-13,15-16,33H,1,5-10H2,2-3H3,(H,32,35,37)/b14-11+. The molecule has 0 amide bonds. The molecule has 0 aromatic carbocycles. The average molecular weight is 557 g/mol. The summed E-state index contributed by atoms with van der Waals surface area (Å²) in [6.45, 7) is 5.72. The van der Waals surface area contributed by atoms with Crippen LogP contribution in [0.4, 0.5) is 24.8 Å². The van der Waals surface area contributed by atoms with Gasteiger partial charge < -0.3 is 15.5 Å². The van der Waals surface area contributed by atoms with E-state index in [2.05, 4.69) is 37.1 Å². The van der Waals surface area contributed by atoms with Crippen LogP contribution in [-0.2, 0) is 0 Å². The molecule has 2 fully saturated rings. The van der Waals surface area contributed by atoms with Gasteiger partial charge in [0, 0.05) is 38.0 Å². The Bertz CT molecular complexity index is 1480. The molecule has 0 unspecified atom stereocenters. The largest absolute Gasteiger partial charge is 0.356 e. The Labute approximate surface area is 229 Å². The normalized spacial score (nSPS) is 17.0. The molecule has 12 heteroatoms. The van der Waals surface area contributed by atoms with Gasteiger partial charge in [0.1, 0.15) is 17.2 Å². The molecule has 5 rings (SSSR count). The Balaban J connectivity index is 1.61. The highest BCUT2D eigenvalue weighted by atomic mass is 35.5. The van der Waals surface area contributed by atoms with Gasteiger partial charge in [0.05, 0.1) is 5.39 Å². The third-order valence-corrected chi connectivity index (χ3v) is 7.32. The Hall–Kier alpha value is -3.57. The first kappa shape index (κ1) is 27.0. The lowest BCUT2D eigenvalue weighted by atomic mass is 10.0. The van der Waals surface area contributed by atoms with Gasteiger partial charge in [-0.3, -0.25) is 4.99 Å². The van der Waals surface area contributed by atoms with Gasteiger partial charge in [0.2, 0.25) is 0 Å². The first-order valence-corrected chi connectivity index (χ1v) is 13.1. The van der Waals surface area contributed by atoms with Gasteiger partial charge in [-0.2, -0.15) is 9.37 Å². The zero-order valence-corrected chi connectivity index (χ0v) is 22.4. The Morgan fingerprint density at radius 2 is 1.90 bits per heavy atom. The number of piperidine rings is 1. The van der Waals surface area contributed by atoms with E-state index in [0.29, 0.717) is 28.9 Å². The van der Waals surface area contributed by atoms with Crippen LogP contribution in [-0.4, -0.2) is 59.0 Å². The molecule has 0 spiro atoms. The van der Waals surface area contributed by atoms with Crippen LogP contribution in [0.25, 0.3) is 16.5 Å². The molecule has 2 aliphatic rings. The summed E-state index contributed by atoms with van der Waals surface area (Å²) in [5.74, 6) is -2.84. The molecule has 8 nitrogen and oxygen atoms in total. The number of amidine groups is 1. The number of aliphatic imine (C=N–C) groups is 1. The maximum Gasteiger partial charge on any atom is 0.251 e. The highest BCUT2D eigenvalue weighted by Gasteiger charge is 2.31. The van der Waals surface area contributed by atoms with Crippen molar-refractivity contribution in [3.8, 4) is 0 Å². The van der Waals surface area contributed by atoms with Crippen LogP contribution in [0.15, 0.2) is 36.0 Å². The van der Waals surface area contributed by atoms with Crippen molar-refractivity contribution in [3.63, 3.8) is 0 Å². The molecule has 1 aliphatic carbocycles. The lowest BCUT2D eigenvalue weighted by molar-refractivity contribution is 0.442. The van der Waals surface area contributed by atoms with Gasteiger partial charge in [0.15, 0.2) is 28.4 Å². The molecule has 4 heterocycles. The molecule has 1 aliphatic heterocycles. The van der Waals surface area contributed by atoms with E-state index >= 15 is 0 Å². The summed E-state index contributed by atoms with van der Waals surface area (Å²) in [7, 11) is 3.49. The van der Waals surface area contributed by atoms with E-state index in [4.69, 9.17) is 21.6 Å². The highest BCUT2D eigenvalue weighted by Crippen LogP contribution is 2.46. The predicted molar refractivity (Wildman–Crippen MR) is 148 cm³/mol. The van der Waals surface area contributed by atoms with Crippen molar-refractivity contribution in [1.82, 2.24) is 25.3 Å². The quantitative estimate of drug-likeness (QED) is 0.177. The highest BCUT2D eigenvalue weighted by molar-refractivity contribution is 6.34. The summed E-state index contributed by atoms with van der Waals surface area (Å²) in [4.78, 5) is 23.8. The van der Waals surface area contributed by atoms with Crippen LogP contribution in [0, 0.1) is 17.6 Å². The summed E-state index contributed by atoms with van der Waals surface area (Å²) in [6.07, 6.45) is 8.95. The smallest absolute Gasteiger partial charge is 0.251 e. The van der Waals surface area contributed by atoms with E-state index in [9.17, 15) is 13.2 Å². The van der Waals surface area contributed by atoms with Crippen molar-refractivity contribution in [2.75, 3.05) is 37.4 Å². The van der Waals surface area contributed by atoms with Gasteiger partial charge in [-0.05, 0) is 56.3 Å². The van der Waals surface area contributed by atoms with Gasteiger partial charge >= 0.3 is 0 Å². The Morgan fingerprint density at radius 1 is 1.15 bits per heavy atom. The van der Waals surface area contributed by atoms with Crippen molar-refractivity contribution in [2.45, 2.75) is 37.6 Å². The summed E-state index contributed by atoms with van der Waals surface area (Å²) in [5.41, 5.74) is 2.06. The van der Waals surface area contributed by atoms with Gasteiger partial charge in [-0.15, -0.1) is 0 Å². The average Bonchev–Trinajstić information content (AvgIpc) is 3.79. The van der Waals surface area contributed by atoms with E-state index in [1.165, 1.54) is 19.2 Å². The van der Waals surface area contributed by atoms with Gasteiger partial charge in [-0.1, -0.05) is 24.3 Å². The number of nitrogens with one attached hydrogen (secondary N) is 2. The maximum absolute atomic E-state index is 14.2. The van der Waals surface area contributed by atoms with Crippen molar-refractivity contribution >= 4 is 45.5 Å². The minimum atomic E-state index is -1.43. The number of pyridine rings is 2. The monoisotopic (exact) mass is 556 g/mol. The number of aromatic nitrogens is 4. The van der Waals surface area contributed by atoms with Crippen molar-refractivity contribution in [2.24, 2.45) is 4.99 Å². The van der Waals surface area contributed by atoms with Crippen LogP contribution in [0.5, 0.6) is 0 Å². The second kappa shape index (κ2) is 11.3. The van der Waals surface area contributed by atoms with Crippen molar-refractivity contribution < 1.29 is 13.2 Å². The van der Waals surface area contributed by atoms with Crippen LogP contribution in [0.1, 0.15) is 43.0 Å². The minimum absolute atomic E-state index is 0.107. The van der Waals surface area contributed by atoms with E-state index in [-0.39, 0.29) is 17.0 Å². The fraction of sp³-hybridized carbons (Fsp3) is 0.370. The van der Waals surface area contributed by atoms with Gasteiger partial charge in [-0.25, -0.2) is 23.7 Å². The number of anilines is 2. The second-order valence-corrected chi connectivity index (χ2v) is 9.95. The molecule has 2 N–H and O–H groups in total. The molecule has 3 aromatic rings. The molecule has 0 bridgehead atoms. The summed E-state index contributed by atoms with van der Waals surface area (Å²) in [6, 6.07) is 0.682. The third-order valence-electron chi connectivity index (χ3n) is 7.04. The number of allylic oxidation sites excluding steroid dienone is 2. The SMILES string of the molecule is C=C/C(=C\C(=NC)Nc1nc(F)c(F)cc1F)c1nc(N(C)C2CCNCC2)c2c(C3CC3)cnc(Cl)c2n1. The number of rotatable bonds is 7. The van der Waals surface area contributed by atoms with Gasteiger partial charge in [0.25, 0.3) is 5.95 Å². The van der Waals surface area contributed by atoms with Crippen LogP contribution >= 0.6 is 11.6 Å². The summed E-state index contributed by atoms with van der Waals surface area (Å²) >= 11 is 6.59. The van der Waals surface area contributed by atoms with Crippen molar-refractivity contribution in [1.29, 1.82) is 0 Å². The van der Waals surface area contributed by atoms with Crippen LogP contribution in [0.2, 0.25) is 5.15 Å². The second-order valence-electron chi connectivity index (χ2n) is 9.59. The third kappa shape index (κ3) is 5.60. The number of hydrogen-bond acceptors (Lipinski definition) is 7. The van der Waals surface area contributed by atoms with E-state index in [0.717, 1.165) is 55.5 Å². The lowest BCUT2D eigenvalue weighted by Crippen LogP contribution is -2.41. The Kier molecular flexibility index (Phi) is 7.81. The van der Waals surface area contributed by atoms with Crippen LogP contribution < -0.4 is 15.5 Å². The molecular weight excluding hydrogens is 529 g/mol. The number of fused-ring (bicyclic) bond motifs is 1. The lowest BCUT2D eigenvalue weighted by Gasteiger charge is -2.33. The first-order chi connectivity index (χ1) is 18.8. The topological polar surface area (TPSA) is 91.2 Å². The van der Waals surface area contributed by atoms with E-state index in [1.807, 2.05) is 13.2 Å². The van der Waals surface area contributed by atoms with Crippen molar-refractivity contribution in [3.05, 3.63) is 65.1 Å². The minimum Gasteiger partial charge on any atom is -0.356 e. The zero-order chi connectivity index (χ0) is 27.7. The number of nitrogens with zero attached hydrogens (tertiary/aromatic N) is 6. The molecule has 0 atom stereocenters. The first-order valence-electron chi connectivity index (χ1n) is 12.7. The Morgan fingerprint density at radius 3 is 2.56 bits per heavy atom. The molecule has 0 radical (unpaired) electrons. The molecule has 1 saturated heterocycles. The van der Waals surface area contributed by atoms with Crippen LogP contribution in [0.3, 0.4) is 0 Å². The molecule has 39 heavy (non-hydrogen) atoms. The van der Waals surface area contributed by atoms with E-state index in [1.54, 1.807) is 0 Å². The molecule has 3 aromatic heterocycles. The molecule has 204 valence electrons. The fourth-order valence-corrected chi connectivity index (χ4v) is 4.93. The predicted octanol–water partition coefficient (Wildman–Crippen LogP) is 5.27. The summed E-state index contributed by atoms with van der Waals surface area (Å²) < 4.78 is 41.2. The fourth-order valence-electron chi connectivity index (χ4n) is 4.74. The zero-order valence-electron chi connectivity index (χ0n) is 21.6. The summed E-state index contributed by atoms with van der Waals surface area (Å²) in [5, 5.41) is 7.14. The molecule has 1 saturated carbocycles. The number of halogens is 4. The number of hydrogen-bond donors (Lipinski definition) is 2. The molecular formula is C27H28ClF3N8. The maximum atomic E-state index is 14.2.